The van der Waals surface area contributed by atoms with Gasteiger partial charge in [0.15, 0.2) is 0 Å². The van der Waals surface area contributed by atoms with Crippen molar-refractivity contribution in [2.24, 2.45) is 5.73 Å². The van der Waals surface area contributed by atoms with E-state index in [1.165, 1.54) is 6.92 Å². The van der Waals surface area contributed by atoms with Crippen molar-refractivity contribution < 1.29 is 53.1 Å². The van der Waals surface area contributed by atoms with Crippen LogP contribution in [-0.2, 0) is 60.8 Å². The van der Waals surface area contributed by atoms with E-state index < -0.39 is 96.4 Å². The van der Waals surface area contributed by atoms with Gasteiger partial charge in [0.25, 0.3) is 0 Å². The average Bonchev–Trinajstić information content (AvgIpc) is 3.67. The summed E-state index contributed by atoms with van der Waals surface area (Å²) in [6, 6.07) is 8.98. The third kappa shape index (κ3) is 17.4. The van der Waals surface area contributed by atoms with Gasteiger partial charge in [0.05, 0.1) is 13.0 Å². The van der Waals surface area contributed by atoms with Crippen molar-refractivity contribution in [1.29, 1.82) is 0 Å². The van der Waals surface area contributed by atoms with Gasteiger partial charge >= 0.3 is 5.97 Å². The highest BCUT2D eigenvalue weighted by molar-refractivity contribution is 5.97. The van der Waals surface area contributed by atoms with Gasteiger partial charge in [-0.2, -0.15) is 0 Å². The molecule has 0 aliphatic carbocycles. The van der Waals surface area contributed by atoms with E-state index in [9.17, 15) is 53.1 Å². The minimum atomic E-state index is -1.74. The second kappa shape index (κ2) is 25.7. The molecule has 21 nitrogen and oxygen atoms in total. The number of primary amides is 1. The molecule has 21 heteroatoms. The Balaban J connectivity index is 1.61. The fourth-order valence-electron chi connectivity index (χ4n) is 7.13. The Bertz CT molecular complexity index is 2180. The van der Waals surface area contributed by atoms with Crippen molar-refractivity contribution in [3.63, 3.8) is 0 Å². The summed E-state index contributed by atoms with van der Waals surface area (Å²) in [7, 11) is 0. The Labute approximate surface area is 374 Å². The van der Waals surface area contributed by atoms with Crippen LogP contribution < -0.4 is 48.3 Å². The molecule has 65 heavy (non-hydrogen) atoms. The molecule has 2 heterocycles. The third-order valence-corrected chi connectivity index (χ3v) is 10.5. The lowest BCUT2D eigenvalue weighted by molar-refractivity contribution is -0.141. The molecule has 5 atom stereocenters. The summed E-state index contributed by atoms with van der Waals surface area (Å²) in [5, 5.41) is 31.0. The van der Waals surface area contributed by atoms with Crippen molar-refractivity contribution in [3.05, 3.63) is 71.9 Å². The van der Waals surface area contributed by atoms with Crippen LogP contribution in [0.2, 0.25) is 0 Å². The molecule has 0 spiro atoms. The highest BCUT2D eigenvalue weighted by atomic mass is 16.4. The van der Waals surface area contributed by atoms with Crippen LogP contribution >= 0.6 is 0 Å². The highest BCUT2D eigenvalue weighted by Crippen LogP contribution is 2.19. The Kier molecular flexibility index (Phi) is 19.9. The lowest BCUT2D eigenvalue weighted by Crippen LogP contribution is -2.59. The summed E-state index contributed by atoms with van der Waals surface area (Å²) in [6.45, 7) is 1.04. The fraction of sp³-hybridized carbons (Fsp3) is 0.455. The van der Waals surface area contributed by atoms with Crippen molar-refractivity contribution in [3.8, 4) is 0 Å². The molecule has 12 N–H and O–H groups in total. The molecule has 3 aromatic rings. The molecular weight excluding hydrogens is 845 g/mol. The van der Waals surface area contributed by atoms with Crippen molar-refractivity contribution in [1.82, 2.24) is 47.5 Å². The summed E-state index contributed by atoms with van der Waals surface area (Å²) < 4.78 is 0. The molecule has 1 aromatic heterocycles. The number of hydrogen-bond donors (Lipinski definition) is 11. The van der Waals surface area contributed by atoms with Gasteiger partial charge in [-0.05, 0) is 55.7 Å². The highest BCUT2D eigenvalue weighted by Gasteiger charge is 2.33. The van der Waals surface area contributed by atoms with Crippen LogP contribution in [0.4, 0.5) is 0 Å². The first kappa shape index (κ1) is 50.3. The smallest absolute Gasteiger partial charge is 0.305 e. The van der Waals surface area contributed by atoms with E-state index in [2.05, 4.69) is 47.5 Å². The maximum Gasteiger partial charge on any atom is 0.305 e. The molecule has 1 saturated heterocycles. The summed E-state index contributed by atoms with van der Waals surface area (Å²) in [5.41, 5.74) is 7.58. The number of rotatable bonds is 12. The average molecular weight is 903 g/mol. The molecule has 4 rings (SSSR count). The monoisotopic (exact) mass is 902 g/mol. The zero-order valence-corrected chi connectivity index (χ0v) is 36.2. The largest absolute Gasteiger partial charge is 0.481 e. The van der Waals surface area contributed by atoms with Gasteiger partial charge in [-0.1, -0.05) is 48.5 Å². The third-order valence-electron chi connectivity index (χ3n) is 10.5. The molecule has 0 unspecified atom stereocenters. The number of H-pyrrole nitrogens is 1. The van der Waals surface area contributed by atoms with E-state index in [4.69, 9.17) is 5.73 Å². The first-order chi connectivity index (χ1) is 31.1. The number of nitrogens with two attached hydrogens (primary N) is 1. The fourth-order valence-corrected chi connectivity index (χ4v) is 7.13. The van der Waals surface area contributed by atoms with Crippen LogP contribution in [0.1, 0.15) is 75.8 Å². The molecule has 0 saturated carbocycles. The number of aromatic nitrogens is 1. The van der Waals surface area contributed by atoms with Crippen LogP contribution in [-0.4, -0.2) is 119 Å². The molecule has 0 radical (unpaired) electrons. The maximum atomic E-state index is 14.3. The molecule has 9 amide bonds. The Morgan fingerprint density at radius 3 is 2.05 bits per heavy atom. The number of hydrogen-bond acceptors (Lipinski definition) is 10. The van der Waals surface area contributed by atoms with E-state index in [0.29, 0.717) is 30.4 Å². The van der Waals surface area contributed by atoms with Gasteiger partial charge in [0.1, 0.15) is 30.2 Å². The van der Waals surface area contributed by atoms with Crippen LogP contribution in [0.3, 0.4) is 0 Å². The number of amides is 9. The number of fused-ring (bicyclic) bond motifs is 1. The van der Waals surface area contributed by atoms with Crippen LogP contribution in [0.5, 0.6) is 0 Å². The first-order valence-electron chi connectivity index (χ1n) is 21.5. The zero-order valence-electron chi connectivity index (χ0n) is 36.2. The van der Waals surface area contributed by atoms with E-state index in [1.54, 1.807) is 42.6 Å². The van der Waals surface area contributed by atoms with Gasteiger partial charge in [-0.15, -0.1) is 0 Å². The second-order valence-electron chi connectivity index (χ2n) is 15.7. The number of benzene rings is 2. The van der Waals surface area contributed by atoms with Crippen molar-refractivity contribution >= 4 is 70.0 Å². The van der Waals surface area contributed by atoms with E-state index in [1.807, 2.05) is 18.2 Å². The van der Waals surface area contributed by atoms with Gasteiger partial charge in [0, 0.05) is 62.8 Å². The number of aromatic amines is 1. The minimum absolute atomic E-state index is 0.0266. The maximum absolute atomic E-state index is 14.3. The van der Waals surface area contributed by atoms with Crippen LogP contribution in [0, 0.1) is 0 Å². The number of carboxylic acid groups (broad SMARTS) is 1. The zero-order chi connectivity index (χ0) is 47.3. The normalized spacial score (nSPS) is 19.9. The molecule has 1 aliphatic heterocycles. The number of para-hydroxylation sites is 1. The summed E-state index contributed by atoms with van der Waals surface area (Å²) >= 11 is 0. The van der Waals surface area contributed by atoms with Crippen LogP contribution in [0.25, 0.3) is 10.9 Å². The lowest BCUT2D eigenvalue weighted by atomic mass is 10.0. The predicted molar refractivity (Wildman–Crippen MR) is 235 cm³/mol. The molecular formula is C44H58N10O11. The van der Waals surface area contributed by atoms with Crippen molar-refractivity contribution in [2.45, 2.75) is 108 Å². The number of nitrogens with one attached hydrogen (secondary N) is 9. The van der Waals surface area contributed by atoms with E-state index in [0.717, 1.165) is 10.9 Å². The summed E-state index contributed by atoms with van der Waals surface area (Å²) in [4.78, 5) is 133. The van der Waals surface area contributed by atoms with E-state index in [-0.39, 0.29) is 63.9 Å². The van der Waals surface area contributed by atoms with Crippen molar-refractivity contribution in [2.75, 3.05) is 19.6 Å². The molecule has 1 aliphatic rings. The Hall–Kier alpha value is -7.32. The van der Waals surface area contributed by atoms with Gasteiger partial charge in [-0.25, -0.2) is 0 Å². The number of carboxylic acids is 1. The standard InChI is InChI=1S/C44H58N10O11/c1-26(55)50-31-15-7-9-19-46-36(56)17-18-37(57)47-20-10-8-16-32(42(63)54-35(23-39(59)60)44(65)53-33(40(45)61)21-27-11-3-2-4-12-27)52-43(64)34(51-38(58)25-49-41(31)62)22-28-24-48-30-14-6-5-13-29(28)30/h2-6,11-14,24,31-35,48H,7-10,15-23,25H2,1H3,(H2,45,61)(H,46,56)(H,47,57)(H,49,62)(H,50,55)(H,51,58)(H,52,64)(H,53,65)(H,54,63)(H,59,60)/t31-,32-,33-,34-,35-/m0/s1. The molecule has 2 aromatic carbocycles. The van der Waals surface area contributed by atoms with Crippen LogP contribution in [0.15, 0.2) is 60.8 Å². The second-order valence-corrected chi connectivity index (χ2v) is 15.7. The SMILES string of the molecule is CC(=O)N[C@H]1CCCCNC(=O)CCC(=O)NCCCC[C@@H](C(=O)N[C@@H](CC(=O)O)C(=O)N[C@@H](Cc2ccccc2)C(N)=O)NC(=O)[C@H](Cc2c[nH]c3ccccc23)NC(=O)CNC1=O. The van der Waals surface area contributed by atoms with Gasteiger partial charge in [-0.3, -0.25) is 47.9 Å². The quantitative estimate of drug-likeness (QED) is 0.103. The topological polar surface area (TPSA) is 329 Å². The summed E-state index contributed by atoms with van der Waals surface area (Å²) in [6.07, 6.45) is 1.90. The molecule has 350 valence electrons. The lowest BCUT2D eigenvalue weighted by Gasteiger charge is -2.26. The van der Waals surface area contributed by atoms with Gasteiger partial charge < -0.3 is 58.4 Å². The number of carbonyl (C=O) groups excluding carboxylic acids is 9. The van der Waals surface area contributed by atoms with Gasteiger partial charge in [0.2, 0.25) is 53.2 Å². The van der Waals surface area contributed by atoms with E-state index >= 15 is 0 Å². The molecule has 1 fully saturated rings. The Morgan fingerprint density at radius 2 is 1.40 bits per heavy atom. The summed E-state index contributed by atoms with van der Waals surface area (Å²) in [5.74, 6) is -7.92. The number of carbonyl (C=O) groups is 10. The minimum Gasteiger partial charge on any atom is -0.481 e. The number of aliphatic carboxylic acids is 1. The first-order valence-corrected chi connectivity index (χ1v) is 21.5. The Morgan fingerprint density at radius 1 is 0.754 bits per heavy atom. The molecule has 0 bridgehead atoms. The predicted octanol–water partition coefficient (Wildman–Crippen LogP) is -1.16.